The molecular weight excluding hydrogens is 332 g/mol. The van der Waals surface area contributed by atoms with Crippen LogP contribution in [-0.4, -0.2) is 67.3 Å². The average Bonchev–Trinajstić information content (AvgIpc) is 2.69. The zero-order chi connectivity index (χ0) is 18.2. The molecule has 1 aliphatic rings. The molecule has 2 heterocycles. The van der Waals surface area contributed by atoms with Crippen LogP contribution in [0.2, 0.25) is 0 Å². The number of carbonyl (C=O) groups is 1. The lowest BCUT2D eigenvalue weighted by Gasteiger charge is -2.34. The van der Waals surface area contributed by atoms with Gasteiger partial charge < -0.3 is 19.7 Å². The molecule has 7 heteroatoms. The smallest absolute Gasteiger partial charge is 0.322 e. The number of nitrogens with zero attached hydrogens (tertiary/aromatic N) is 3. The van der Waals surface area contributed by atoms with Crippen LogP contribution in [0.15, 0.2) is 48.8 Å². The number of hydrogen-bond acceptors (Lipinski definition) is 5. The summed E-state index contributed by atoms with van der Waals surface area (Å²) in [5, 5.41) is 2.91. The highest BCUT2D eigenvalue weighted by molar-refractivity contribution is 5.90. The number of anilines is 1. The Kier molecular flexibility index (Phi) is 6.40. The Morgan fingerprint density at radius 3 is 2.65 bits per heavy atom. The summed E-state index contributed by atoms with van der Waals surface area (Å²) in [4.78, 5) is 20.8. The summed E-state index contributed by atoms with van der Waals surface area (Å²) < 4.78 is 11.0. The van der Waals surface area contributed by atoms with Crippen molar-refractivity contribution in [3.63, 3.8) is 0 Å². The van der Waals surface area contributed by atoms with Gasteiger partial charge in [0.05, 0.1) is 12.8 Å². The Hall–Kier alpha value is -2.64. The number of pyridine rings is 1. The van der Waals surface area contributed by atoms with Gasteiger partial charge in [0.15, 0.2) is 5.75 Å². The fourth-order valence-corrected chi connectivity index (χ4v) is 2.77. The van der Waals surface area contributed by atoms with Crippen molar-refractivity contribution >= 4 is 11.7 Å². The van der Waals surface area contributed by atoms with Gasteiger partial charge in [-0.2, -0.15) is 0 Å². The predicted octanol–water partition coefficient (Wildman–Crippen LogP) is 2.67. The maximum atomic E-state index is 12.6. The first-order valence-corrected chi connectivity index (χ1v) is 8.70. The summed E-state index contributed by atoms with van der Waals surface area (Å²) in [6.07, 6.45) is 3.24. The van der Waals surface area contributed by atoms with E-state index in [-0.39, 0.29) is 6.03 Å². The lowest BCUT2D eigenvalue weighted by atomic mass is 10.3. The highest BCUT2D eigenvalue weighted by atomic mass is 16.5. The van der Waals surface area contributed by atoms with Gasteiger partial charge in [0.2, 0.25) is 0 Å². The molecule has 0 aliphatic carbocycles. The molecule has 26 heavy (non-hydrogen) atoms. The minimum atomic E-state index is -0.137. The molecule has 0 spiro atoms. The molecule has 0 saturated carbocycles. The van der Waals surface area contributed by atoms with Gasteiger partial charge in [0.1, 0.15) is 11.4 Å². The number of hydrogen-bond donors (Lipinski definition) is 1. The third-order valence-corrected chi connectivity index (χ3v) is 4.26. The highest BCUT2D eigenvalue weighted by Crippen LogP contribution is 2.28. The molecule has 1 aliphatic heterocycles. The van der Waals surface area contributed by atoms with E-state index in [1.807, 2.05) is 35.2 Å². The summed E-state index contributed by atoms with van der Waals surface area (Å²) in [7, 11) is 1.70. The number of amides is 2. The highest BCUT2D eigenvalue weighted by Gasteiger charge is 2.21. The molecule has 0 atom stereocenters. The second kappa shape index (κ2) is 9.17. The van der Waals surface area contributed by atoms with Crippen molar-refractivity contribution < 1.29 is 14.3 Å². The van der Waals surface area contributed by atoms with Crippen LogP contribution in [0, 0.1) is 0 Å². The van der Waals surface area contributed by atoms with Crippen LogP contribution >= 0.6 is 0 Å². The van der Waals surface area contributed by atoms with Crippen LogP contribution in [-0.2, 0) is 4.74 Å². The zero-order valence-corrected chi connectivity index (χ0v) is 14.9. The van der Waals surface area contributed by atoms with Crippen molar-refractivity contribution in [2.24, 2.45) is 0 Å². The minimum Gasteiger partial charge on any atom is -0.455 e. The van der Waals surface area contributed by atoms with Crippen LogP contribution in [0.3, 0.4) is 0 Å². The van der Waals surface area contributed by atoms with Gasteiger partial charge in [-0.15, -0.1) is 0 Å². The van der Waals surface area contributed by atoms with Crippen molar-refractivity contribution in [3.8, 4) is 11.5 Å². The van der Waals surface area contributed by atoms with Crippen molar-refractivity contribution in [2.75, 3.05) is 51.8 Å². The van der Waals surface area contributed by atoms with E-state index in [0.717, 1.165) is 19.6 Å². The molecule has 0 bridgehead atoms. The van der Waals surface area contributed by atoms with Crippen LogP contribution in [0.1, 0.15) is 0 Å². The maximum absolute atomic E-state index is 12.6. The number of ether oxygens (including phenoxy) is 2. The second-order valence-corrected chi connectivity index (χ2v) is 6.04. The summed E-state index contributed by atoms with van der Waals surface area (Å²) in [6.45, 7) is 4.66. The molecule has 1 saturated heterocycles. The van der Waals surface area contributed by atoms with Gasteiger partial charge in [0.25, 0.3) is 0 Å². The van der Waals surface area contributed by atoms with Crippen molar-refractivity contribution in [2.45, 2.75) is 0 Å². The first-order valence-electron chi connectivity index (χ1n) is 8.70. The van der Waals surface area contributed by atoms with E-state index in [9.17, 15) is 4.79 Å². The number of benzene rings is 1. The number of rotatable bonds is 6. The van der Waals surface area contributed by atoms with Gasteiger partial charge in [-0.1, -0.05) is 18.2 Å². The Morgan fingerprint density at radius 1 is 1.15 bits per heavy atom. The Bertz CT molecular complexity index is 703. The molecule has 138 valence electrons. The number of aromatic nitrogens is 1. The molecule has 2 amide bonds. The lowest BCUT2D eigenvalue weighted by Crippen LogP contribution is -2.50. The van der Waals surface area contributed by atoms with Gasteiger partial charge in [0, 0.05) is 52.1 Å². The topological polar surface area (TPSA) is 66.9 Å². The molecule has 2 aromatic rings. The van der Waals surface area contributed by atoms with Crippen molar-refractivity contribution in [3.05, 3.63) is 48.8 Å². The SMILES string of the molecule is COCCN1CCN(C(=O)Nc2cnccc2Oc2ccccc2)CC1. The van der Waals surface area contributed by atoms with E-state index in [1.165, 1.54) is 0 Å². The first-order chi connectivity index (χ1) is 12.8. The van der Waals surface area contributed by atoms with E-state index < -0.39 is 0 Å². The van der Waals surface area contributed by atoms with Crippen LogP contribution in [0.25, 0.3) is 0 Å². The third-order valence-electron chi connectivity index (χ3n) is 4.26. The molecule has 0 radical (unpaired) electrons. The van der Waals surface area contributed by atoms with Crippen molar-refractivity contribution in [1.29, 1.82) is 0 Å². The molecular formula is C19H24N4O3. The summed E-state index contributed by atoms with van der Waals surface area (Å²) >= 11 is 0. The van der Waals surface area contributed by atoms with E-state index in [4.69, 9.17) is 9.47 Å². The number of methoxy groups -OCH3 is 1. The van der Waals surface area contributed by atoms with Gasteiger partial charge in [-0.25, -0.2) is 4.79 Å². The Morgan fingerprint density at radius 2 is 1.92 bits per heavy atom. The molecule has 3 rings (SSSR count). The summed E-state index contributed by atoms with van der Waals surface area (Å²) in [6, 6.07) is 11.1. The second-order valence-electron chi connectivity index (χ2n) is 6.04. The van der Waals surface area contributed by atoms with Crippen LogP contribution in [0.5, 0.6) is 11.5 Å². The maximum Gasteiger partial charge on any atom is 0.322 e. The molecule has 1 N–H and O–H groups in total. The summed E-state index contributed by atoms with van der Waals surface area (Å²) in [5.41, 5.74) is 0.558. The fourth-order valence-electron chi connectivity index (χ4n) is 2.77. The van der Waals surface area contributed by atoms with Gasteiger partial charge >= 0.3 is 6.03 Å². The largest absolute Gasteiger partial charge is 0.455 e. The predicted molar refractivity (Wildman–Crippen MR) is 99.7 cm³/mol. The third kappa shape index (κ3) is 4.93. The van der Waals surface area contributed by atoms with Crippen LogP contribution in [0.4, 0.5) is 10.5 Å². The minimum absolute atomic E-state index is 0.137. The van der Waals surface area contributed by atoms with E-state index in [1.54, 1.807) is 25.6 Å². The quantitative estimate of drug-likeness (QED) is 0.862. The van der Waals surface area contributed by atoms with E-state index in [0.29, 0.717) is 36.9 Å². The normalized spacial score (nSPS) is 14.9. The summed E-state index contributed by atoms with van der Waals surface area (Å²) in [5.74, 6) is 1.28. The van der Waals surface area contributed by atoms with Crippen LogP contribution < -0.4 is 10.1 Å². The molecule has 1 aromatic heterocycles. The molecule has 0 unspecified atom stereocenters. The lowest BCUT2D eigenvalue weighted by molar-refractivity contribution is 0.109. The monoisotopic (exact) mass is 356 g/mol. The average molecular weight is 356 g/mol. The van der Waals surface area contributed by atoms with Crippen molar-refractivity contribution in [1.82, 2.24) is 14.8 Å². The Labute approximate surface area is 153 Å². The molecule has 1 aromatic carbocycles. The molecule has 7 nitrogen and oxygen atoms in total. The first kappa shape index (κ1) is 18.2. The van der Waals surface area contributed by atoms with E-state index in [2.05, 4.69) is 15.2 Å². The van der Waals surface area contributed by atoms with Gasteiger partial charge in [-0.05, 0) is 12.1 Å². The number of nitrogens with one attached hydrogen (secondary N) is 1. The fraction of sp³-hybridized carbons (Fsp3) is 0.368. The number of piperazine rings is 1. The molecule has 1 fully saturated rings. The number of carbonyl (C=O) groups excluding carboxylic acids is 1. The number of urea groups is 1. The zero-order valence-electron chi connectivity index (χ0n) is 14.9. The standard InChI is InChI=1S/C19H24N4O3/c1-25-14-13-22-9-11-23(12-10-22)19(24)21-17-15-20-8-7-18(17)26-16-5-3-2-4-6-16/h2-8,15H,9-14H2,1H3,(H,21,24). The van der Waals surface area contributed by atoms with Gasteiger partial charge in [-0.3, -0.25) is 9.88 Å². The Balaban J connectivity index is 1.58. The number of para-hydroxylation sites is 1. The van der Waals surface area contributed by atoms with E-state index >= 15 is 0 Å².